The van der Waals surface area contributed by atoms with Gasteiger partial charge in [-0.2, -0.15) is 0 Å². The molecule has 0 aromatic carbocycles. The van der Waals surface area contributed by atoms with Crippen LogP contribution in [0.3, 0.4) is 0 Å². The number of carboxylic acids is 2. The van der Waals surface area contributed by atoms with Crippen molar-refractivity contribution in [3.8, 4) is 0 Å². The fourth-order valence-electron chi connectivity index (χ4n) is 7.56. The Morgan fingerprint density at radius 3 is 1.50 bits per heavy atom. The molecule has 0 fully saturated rings. The number of Topliss-reactive ketones (excluding diaryl/α,β-unsaturated/α-hetero) is 3. The number of unbranched alkanes of at least 4 members (excludes halogenated alkanes) is 14. The minimum absolute atomic E-state index is 0.0215. The van der Waals surface area contributed by atoms with E-state index in [9.17, 15) is 48.3 Å². The molecule has 21 heteroatoms. The first-order valence-corrected chi connectivity index (χ1v) is 27.2. The molecule has 21 nitrogen and oxygen atoms in total. The van der Waals surface area contributed by atoms with Gasteiger partial charge in [0.05, 0.1) is 50.7 Å². The van der Waals surface area contributed by atoms with Gasteiger partial charge in [0.1, 0.15) is 25.0 Å². The summed E-state index contributed by atoms with van der Waals surface area (Å²) in [6.07, 6.45) is 18.3. The average Bonchev–Trinajstić information content (AvgIpc) is 3.33. The number of primary amides is 1. The lowest BCUT2D eigenvalue weighted by atomic mass is 9.89. The first-order valence-electron chi connectivity index (χ1n) is 27.2. The molecule has 0 saturated carbocycles. The summed E-state index contributed by atoms with van der Waals surface area (Å²) in [6.45, 7) is 8.10. The highest BCUT2D eigenvalue weighted by molar-refractivity contribution is 5.92. The second-order valence-electron chi connectivity index (χ2n) is 20.2. The van der Waals surface area contributed by atoms with Crippen LogP contribution in [-0.4, -0.2) is 153 Å². The number of hydrogen-bond donors (Lipinski definition) is 8. The number of carbonyl (C=O) groups excluding carboxylic acids is 7. The van der Waals surface area contributed by atoms with E-state index in [-0.39, 0.29) is 139 Å². The molecule has 0 unspecified atom stereocenters. The second kappa shape index (κ2) is 43.8. The molecule has 10 N–H and O–H groups in total. The third-order valence-electron chi connectivity index (χ3n) is 12.4. The minimum atomic E-state index is -1.17. The van der Waals surface area contributed by atoms with Crippen molar-refractivity contribution >= 4 is 52.9 Å². The molecule has 4 amide bonds. The Hall–Kier alpha value is -4.41. The van der Waals surface area contributed by atoms with Crippen molar-refractivity contribution in [2.75, 3.05) is 72.5 Å². The van der Waals surface area contributed by atoms with Gasteiger partial charge in [-0.25, -0.2) is 4.79 Å². The van der Waals surface area contributed by atoms with Crippen LogP contribution in [0, 0.1) is 5.92 Å². The fraction of sp³-hybridized carbons (Fsp3) is 0.830. The largest absolute Gasteiger partial charge is 0.481 e. The number of aliphatic carboxylic acids is 2. The van der Waals surface area contributed by atoms with Crippen molar-refractivity contribution in [2.45, 2.75) is 205 Å². The fourth-order valence-corrected chi connectivity index (χ4v) is 7.56. The monoisotopic (exact) mass is 1060 g/mol. The van der Waals surface area contributed by atoms with Gasteiger partial charge in [0.2, 0.25) is 23.6 Å². The summed E-state index contributed by atoms with van der Waals surface area (Å²) in [6, 6.07) is -1.12. The van der Waals surface area contributed by atoms with Crippen molar-refractivity contribution in [1.82, 2.24) is 21.3 Å². The van der Waals surface area contributed by atoms with Crippen LogP contribution < -0.4 is 32.7 Å². The van der Waals surface area contributed by atoms with Crippen LogP contribution in [-0.2, 0) is 62.1 Å². The highest BCUT2D eigenvalue weighted by Gasteiger charge is 2.31. The number of carboxylic acid groups (broad SMARTS) is 2. The van der Waals surface area contributed by atoms with E-state index in [4.69, 9.17) is 35.5 Å². The molecule has 0 rings (SSSR count). The summed E-state index contributed by atoms with van der Waals surface area (Å²) < 4.78 is 21.5. The zero-order chi connectivity index (χ0) is 55.5. The molecular formula is C53H96N6O15. The summed E-state index contributed by atoms with van der Waals surface area (Å²) >= 11 is 0. The van der Waals surface area contributed by atoms with E-state index in [2.05, 4.69) is 21.3 Å². The van der Waals surface area contributed by atoms with Crippen LogP contribution in [0.15, 0.2) is 0 Å². The normalized spacial score (nSPS) is 12.4. The smallest absolute Gasteiger partial charge is 0.326 e. The Kier molecular flexibility index (Phi) is 41.2. The third-order valence-corrected chi connectivity index (χ3v) is 12.4. The predicted octanol–water partition coefficient (Wildman–Crippen LogP) is 4.61. The molecule has 0 radical (unpaired) electrons. The molecule has 0 aromatic heterocycles. The van der Waals surface area contributed by atoms with Crippen molar-refractivity contribution < 1.29 is 72.3 Å². The Bertz CT molecular complexity index is 1620. The molecule has 0 aromatic rings. The van der Waals surface area contributed by atoms with Gasteiger partial charge in [-0.1, -0.05) is 83.5 Å². The maximum absolute atomic E-state index is 12.8. The summed E-state index contributed by atoms with van der Waals surface area (Å²) in [5.74, 6) is -4.32. The van der Waals surface area contributed by atoms with Crippen molar-refractivity contribution in [1.29, 1.82) is 0 Å². The molecule has 0 aliphatic rings. The maximum Gasteiger partial charge on any atom is 0.326 e. The topological polar surface area (TPSA) is 331 Å². The number of nitrogens with two attached hydrogens (primary N) is 2. The summed E-state index contributed by atoms with van der Waals surface area (Å²) in [7, 11) is 0. The van der Waals surface area contributed by atoms with E-state index in [1.807, 2.05) is 0 Å². The van der Waals surface area contributed by atoms with Crippen LogP contribution in [0.1, 0.15) is 188 Å². The Morgan fingerprint density at radius 2 is 0.986 bits per heavy atom. The van der Waals surface area contributed by atoms with Gasteiger partial charge >= 0.3 is 11.9 Å². The van der Waals surface area contributed by atoms with E-state index in [0.29, 0.717) is 45.3 Å². The van der Waals surface area contributed by atoms with Crippen molar-refractivity contribution in [2.24, 2.45) is 17.4 Å². The molecule has 74 heavy (non-hydrogen) atoms. The number of hydrogen-bond acceptors (Lipinski definition) is 15. The summed E-state index contributed by atoms with van der Waals surface area (Å²) in [5, 5.41) is 29.2. The molecular weight excluding hydrogens is 961 g/mol. The molecule has 0 aliphatic heterocycles. The Balaban J connectivity index is 3.81. The molecule has 0 spiro atoms. The molecule has 0 heterocycles. The minimum Gasteiger partial charge on any atom is -0.481 e. The van der Waals surface area contributed by atoms with Crippen LogP contribution in [0.25, 0.3) is 0 Å². The number of nitrogens with one attached hydrogen (secondary N) is 4. The van der Waals surface area contributed by atoms with E-state index < -0.39 is 40.9 Å². The van der Waals surface area contributed by atoms with Gasteiger partial charge in [0.15, 0.2) is 11.6 Å². The van der Waals surface area contributed by atoms with E-state index >= 15 is 0 Å². The van der Waals surface area contributed by atoms with Gasteiger partial charge in [0, 0.05) is 57.7 Å². The maximum atomic E-state index is 12.8. The zero-order valence-electron chi connectivity index (χ0n) is 45.5. The van der Waals surface area contributed by atoms with Crippen molar-refractivity contribution in [3.05, 3.63) is 0 Å². The van der Waals surface area contributed by atoms with E-state index in [0.717, 1.165) is 44.9 Å². The number of ether oxygens (including phenoxy) is 4. The summed E-state index contributed by atoms with van der Waals surface area (Å²) in [5.41, 5.74) is 9.41. The Morgan fingerprint density at radius 1 is 0.486 bits per heavy atom. The molecule has 0 bridgehead atoms. The van der Waals surface area contributed by atoms with Crippen LogP contribution in [0.4, 0.5) is 0 Å². The highest BCUT2D eigenvalue weighted by atomic mass is 16.5. The van der Waals surface area contributed by atoms with Crippen LogP contribution in [0.2, 0.25) is 0 Å². The lowest BCUT2D eigenvalue weighted by Crippen LogP contribution is -2.53. The average molecular weight is 1060 g/mol. The third kappa shape index (κ3) is 41.9. The SMILES string of the molecule is CC(C)(N)C(=O)CNC(C)(C)C(=O)CC[C@@H](CCCCNC(=O)COCCOCCNC(=O)COCCOCCCC(=O)CC[C@H](NC(=O)CCCCCCCCCCCCCCCCC(=O)O)C(=O)O)C(N)=O. The van der Waals surface area contributed by atoms with Crippen molar-refractivity contribution in [3.63, 3.8) is 0 Å². The first-order chi connectivity index (χ1) is 35.1. The number of rotatable bonds is 53. The van der Waals surface area contributed by atoms with E-state index in [1.54, 1.807) is 27.7 Å². The zero-order valence-corrected chi connectivity index (χ0v) is 45.5. The standard InChI is InChI=1S/C53H96N6O15/c1-52(2,55)45(62)38-58-53(3,4)44(61)29-26-41(50(54)68)22-19-20-30-56-47(64)39-74-37-35-72-33-31-57-48(65)40-73-36-34-71-32-21-23-42(60)27-28-43(51(69)70)59-46(63)24-17-15-13-11-9-7-5-6-8-10-12-14-16-18-25-49(66)67/h41,43,58H,5-40,55H2,1-4H3,(H2,54,68)(H,56,64)(H,57,65)(H,59,63)(H,66,67)(H,69,70)/t41-,43+/m1/s1. The number of carbonyl (C=O) groups is 9. The molecule has 0 saturated heterocycles. The van der Waals surface area contributed by atoms with Gasteiger partial charge in [0.25, 0.3) is 0 Å². The second-order valence-corrected chi connectivity index (χ2v) is 20.2. The molecule has 2 atom stereocenters. The van der Waals surface area contributed by atoms with Gasteiger partial charge in [-0.05, 0) is 72.6 Å². The molecule has 0 aliphatic carbocycles. The molecule has 428 valence electrons. The summed E-state index contributed by atoms with van der Waals surface area (Å²) in [4.78, 5) is 108. The highest BCUT2D eigenvalue weighted by Crippen LogP contribution is 2.19. The van der Waals surface area contributed by atoms with Gasteiger partial charge in [-0.3, -0.25) is 43.7 Å². The van der Waals surface area contributed by atoms with Gasteiger partial charge < -0.3 is 56.6 Å². The first kappa shape index (κ1) is 69.6. The van der Waals surface area contributed by atoms with Crippen LogP contribution in [0.5, 0.6) is 0 Å². The lowest BCUT2D eigenvalue weighted by Gasteiger charge is -2.27. The number of ketones is 3. The predicted molar refractivity (Wildman–Crippen MR) is 280 cm³/mol. The van der Waals surface area contributed by atoms with E-state index in [1.165, 1.54) is 38.5 Å². The number of amides is 4. The quantitative estimate of drug-likeness (QED) is 0.0386. The lowest BCUT2D eigenvalue weighted by molar-refractivity contribution is -0.142. The van der Waals surface area contributed by atoms with Crippen LogP contribution >= 0.6 is 0 Å². The van der Waals surface area contributed by atoms with Gasteiger partial charge in [-0.15, -0.1) is 0 Å². The Labute approximate surface area is 440 Å².